The minimum atomic E-state index is 0.809. The molecule has 3 aromatic rings. The van der Waals surface area contributed by atoms with Crippen LogP contribution in [0.3, 0.4) is 0 Å². The number of hydrogen-bond donors (Lipinski definition) is 1. The maximum atomic E-state index is 5.99. The molecule has 2 heteroatoms. The van der Waals surface area contributed by atoms with Gasteiger partial charge in [0.1, 0.15) is 0 Å². The molecule has 1 heterocycles. The van der Waals surface area contributed by atoms with Crippen molar-refractivity contribution < 1.29 is 0 Å². The van der Waals surface area contributed by atoms with Gasteiger partial charge >= 0.3 is 0 Å². The summed E-state index contributed by atoms with van der Waals surface area (Å²) in [6.07, 6.45) is 2.67. The summed E-state index contributed by atoms with van der Waals surface area (Å²) in [5.41, 5.74) is 9.14. The van der Waals surface area contributed by atoms with Crippen LogP contribution in [0.1, 0.15) is 11.3 Å². The molecule has 2 nitrogen and oxygen atoms in total. The fourth-order valence-corrected chi connectivity index (χ4v) is 2.22. The van der Waals surface area contributed by atoms with E-state index in [1.807, 2.05) is 30.5 Å². The number of pyridine rings is 1. The van der Waals surface area contributed by atoms with Crippen LogP contribution in [0.5, 0.6) is 0 Å². The van der Waals surface area contributed by atoms with Crippen LogP contribution in [0.4, 0.5) is 5.69 Å². The Hall–Kier alpha value is -2.35. The molecule has 0 aliphatic carbocycles. The van der Waals surface area contributed by atoms with Gasteiger partial charge in [0, 0.05) is 29.1 Å². The van der Waals surface area contributed by atoms with E-state index in [2.05, 4.69) is 35.3 Å². The summed E-state index contributed by atoms with van der Waals surface area (Å²) in [7, 11) is 0. The van der Waals surface area contributed by atoms with E-state index in [0.717, 1.165) is 28.6 Å². The normalized spacial score (nSPS) is 10.7. The van der Waals surface area contributed by atoms with Crippen LogP contribution in [0.25, 0.3) is 10.8 Å². The third-order valence-electron chi connectivity index (χ3n) is 3.14. The van der Waals surface area contributed by atoms with Gasteiger partial charge in [-0.2, -0.15) is 0 Å². The van der Waals surface area contributed by atoms with Gasteiger partial charge < -0.3 is 5.73 Å². The molecule has 3 rings (SSSR count). The first-order chi connectivity index (χ1) is 8.84. The summed E-state index contributed by atoms with van der Waals surface area (Å²) in [6, 6.07) is 18.3. The second-order valence-corrected chi connectivity index (χ2v) is 4.36. The predicted octanol–water partition coefficient (Wildman–Crippen LogP) is 3.41. The zero-order chi connectivity index (χ0) is 12.4. The summed E-state index contributed by atoms with van der Waals surface area (Å²) in [5, 5.41) is 2.22. The Labute approximate surface area is 106 Å². The van der Waals surface area contributed by atoms with Gasteiger partial charge in [-0.1, -0.05) is 42.5 Å². The van der Waals surface area contributed by atoms with E-state index < -0.39 is 0 Å². The largest absolute Gasteiger partial charge is 0.398 e. The van der Waals surface area contributed by atoms with Crippen LogP contribution >= 0.6 is 0 Å². The molecule has 0 saturated heterocycles. The topological polar surface area (TPSA) is 38.9 Å². The number of nitrogens with two attached hydrogens (primary N) is 1. The van der Waals surface area contributed by atoms with Gasteiger partial charge in [-0.3, -0.25) is 4.98 Å². The lowest BCUT2D eigenvalue weighted by Gasteiger charge is -2.07. The van der Waals surface area contributed by atoms with Crippen LogP contribution in [0.15, 0.2) is 60.8 Å². The zero-order valence-electron chi connectivity index (χ0n) is 10.0. The van der Waals surface area contributed by atoms with Crippen LogP contribution in [0, 0.1) is 0 Å². The quantitative estimate of drug-likeness (QED) is 0.690. The minimum absolute atomic E-state index is 0.809. The maximum absolute atomic E-state index is 5.99. The molecule has 1 aromatic heterocycles. The Balaban J connectivity index is 2.10. The number of fused-ring (bicyclic) bond motifs is 1. The number of hydrogen-bond acceptors (Lipinski definition) is 2. The molecule has 0 saturated carbocycles. The van der Waals surface area contributed by atoms with E-state index in [0.29, 0.717) is 0 Å². The third-order valence-corrected chi connectivity index (χ3v) is 3.14. The fraction of sp³-hybridized carbons (Fsp3) is 0.0625. The van der Waals surface area contributed by atoms with Gasteiger partial charge in [0.15, 0.2) is 0 Å². The molecular weight excluding hydrogens is 220 g/mol. The molecule has 0 radical (unpaired) electrons. The van der Waals surface area contributed by atoms with Gasteiger partial charge in [0.25, 0.3) is 0 Å². The zero-order valence-corrected chi connectivity index (χ0v) is 10.0. The lowest BCUT2D eigenvalue weighted by molar-refractivity contribution is 1.10. The molecule has 0 amide bonds. The highest BCUT2D eigenvalue weighted by molar-refractivity contribution is 5.94. The highest BCUT2D eigenvalue weighted by atomic mass is 14.7. The van der Waals surface area contributed by atoms with E-state index >= 15 is 0 Å². The first kappa shape index (κ1) is 10.8. The fourth-order valence-electron chi connectivity index (χ4n) is 2.22. The molecule has 0 spiro atoms. The average molecular weight is 234 g/mol. The van der Waals surface area contributed by atoms with Crippen molar-refractivity contribution in [2.75, 3.05) is 5.73 Å². The van der Waals surface area contributed by atoms with Crippen LogP contribution in [-0.4, -0.2) is 4.98 Å². The number of benzene rings is 2. The molecule has 0 aliphatic heterocycles. The van der Waals surface area contributed by atoms with Crippen molar-refractivity contribution in [2.45, 2.75) is 6.42 Å². The number of rotatable bonds is 2. The van der Waals surface area contributed by atoms with E-state index in [9.17, 15) is 0 Å². The maximum Gasteiger partial charge on any atom is 0.0526 e. The molecular formula is C16H14N2. The molecule has 88 valence electrons. The van der Waals surface area contributed by atoms with Gasteiger partial charge in [0.2, 0.25) is 0 Å². The average Bonchev–Trinajstić information content (AvgIpc) is 2.41. The van der Waals surface area contributed by atoms with E-state index in [-0.39, 0.29) is 0 Å². The standard InChI is InChI=1S/C16H14N2/c17-15-8-4-7-14-13(15)9-10-18-16(14)11-12-5-2-1-3-6-12/h1-10H,11,17H2. The molecule has 0 bridgehead atoms. The molecule has 2 N–H and O–H groups in total. The lowest BCUT2D eigenvalue weighted by atomic mass is 10.0. The van der Waals surface area contributed by atoms with Crippen molar-refractivity contribution in [3.05, 3.63) is 72.1 Å². The number of aromatic nitrogens is 1. The van der Waals surface area contributed by atoms with Gasteiger partial charge in [0.05, 0.1) is 5.69 Å². The highest BCUT2D eigenvalue weighted by Crippen LogP contribution is 2.23. The lowest BCUT2D eigenvalue weighted by Crippen LogP contribution is -1.95. The Kier molecular flexibility index (Phi) is 2.69. The number of nitrogens with zero attached hydrogens (tertiary/aromatic N) is 1. The van der Waals surface area contributed by atoms with Crippen LogP contribution < -0.4 is 5.73 Å². The molecule has 0 atom stereocenters. The molecule has 0 unspecified atom stereocenters. The number of nitrogen functional groups attached to an aromatic ring is 1. The molecule has 2 aromatic carbocycles. The first-order valence-corrected chi connectivity index (χ1v) is 6.00. The van der Waals surface area contributed by atoms with Crippen molar-refractivity contribution in [1.82, 2.24) is 4.98 Å². The number of anilines is 1. The second kappa shape index (κ2) is 4.49. The Morgan fingerprint density at radius 2 is 1.67 bits per heavy atom. The summed E-state index contributed by atoms with van der Waals surface area (Å²) in [4.78, 5) is 4.49. The SMILES string of the molecule is Nc1cccc2c(Cc3ccccc3)nccc12. The summed E-state index contributed by atoms with van der Waals surface area (Å²) >= 11 is 0. The smallest absolute Gasteiger partial charge is 0.0526 e. The third kappa shape index (κ3) is 1.93. The molecule has 0 fully saturated rings. The van der Waals surface area contributed by atoms with Crippen LogP contribution in [-0.2, 0) is 6.42 Å². The van der Waals surface area contributed by atoms with Crippen molar-refractivity contribution in [3.8, 4) is 0 Å². The van der Waals surface area contributed by atoms with Crippen molar-refractivity contribution in [3.63, 3.8) is 0 Å². The van der Waals surface area contributed by atoms with Crippen molar-refractivity contribution in [2.24, 2.45) is 0 Å². The van der Waals surface area contributed by atoms with Crippen molar-refractivity contribution in [1.29, 1.82) is 0 Å². The minimum Gasteiger partial charge on any atom is -0.398 e. The van der Waals surface area contributed by atoms with E-state index in [4.69, 9.17) is 5.73 Å². The summed E-state index contributed by atoms with van der Waals surface area (Å²) in [5.74, 6) is 0. The van der Waals surface area contributed by atoms with E-state index in [1.54, 1.807) is 0 Å². The highest BCUT2D eigenvalue weighted by Gasteiger charge is 2.05. The first-order valence-electron chi connectivity index (χ1n) is 6.00. The van der Waals surface area contributed by atoms with Gasteiger partial charge in [-0.15, -0.1) is 0 Å². The van der Waals surface area contributed by atoms with Gasteiger partial charge in [-0.05, 0) is 17.7 Å². The summed E-state index contributed by atoms with van der Waals surface area (Å²) < 4.78 is 0. The Bertz CT molecular complexity index is 675. The van der Waals surface area contributed by atoms with E-state index in [1.165, 1.54) is 5.56 Å². The van der Waals surface area contributed by atoms with Gasteiger partial charge in [-0.25, -0.2) is 0 Å². The monoisotopic (exact) mass is 234 g/mol. The second-order valence-electron chi connectivity index (χ2n) is 4.36. The Morgan fingerprint density at radius 3 is 2.50 bits per heavy atom. The predicted molar refractivity (Wildman–Crippen MR) is 75.4 cm³/mol. The Morgan fingerprint density at radius 1 is 0.833 bits per heavy atom. The summed E-state index contributed by atoms with van der Waals surface area (Å²) in [6.45, 7) is 0. The van der Waals surface area contributed by atoms with Crippen LogP contribution in [0.2, 0.25) is 0 Å². The molecule has 18 heavy (non-hydrogen) atoms. The van der Waals surface area contributed by atoms with Crippen molar-refractivity contribution >= 4 is 16.5 Å². The molecule has 0 aliphatic rings.